The number of carboxylic acids is 1. The van der Waals surface area contributed by atoms with Crippen LogP contribution in [0.5, 0.6) is 0 Å². The van der Waals surface area contributed by atoms with Crippen molar-refractivity contribution in [1.82, 2.24) is 0 Å². The van der Waals surface area contributed by atoms with E-state index in [2.05, 4.69) is 0 Å². The molecule has 0 saturated carbocycles. The Bertz CT molecular complexity index is 405. The maximum atomic E-state index is 10.9. The second kappa shape index (κ2) is 2.97. The number of fused-ring (bicyclic) bond motifs is 1. The van der Waals surface area contributed by atoms with Crippen LogP contribution in [0.2, 0.25) is 5.02 Å². The van der Waals surface area contributed by atoms with E-state index in [1.807, 2.05) is 12.1 Å². The van der Waals surface area contributed by atoms with E-state index in [1.165, 1.54) is 0 Å². The monoisotopic (exact) mass is 211 g/mol. The summed E-state index contributed by atoms with van der Waals surface area (Å²) in [4.78, 5) is 10.9. The second-order valence-electron chi connectivity index (χ2n) is 3.69. The lowest BCUT2D eigenvalue weighted by molar-refractivity contribution is -0.142. The molecule has 0 fully saturated rings. The molecule has 0 saturated heterocycles. The highest BCUT2D eigenvalue weighted by Gasteiger charge is 2.41. The van der Waals surface area contributed by atoms with Crippen LogP contribution in [0.3, 0.4) is 0 Å². The molecule has 1 aromatic carbocycles. The normalized spacial score (nSPS) is 24.7. The first-order valence-electron chi connectivity index (χ1n) is 4.31. The van der Waals surface area contributed by atoms with Crippen LogP contribution in [0.25, 0.3) is 0 Å². The predicted octanol–water partition coefficient (Wildman–Crippen LogP) is 1.22. The zero-order chi connectivity index (χ0) is 10.3. The van der Waals surface area contributed by atoms with Crippen molar-refractivity contribution in [3.63, 3.8) is 0 Å². The summed E-state index contributed by atoms with van der Waals surface area (Å²) in [5, 5.41) is 9.57. The third kappa shape index (κ3) is 1.29. The van der Waals surface area contributed by atoms with Crippen molar-refractivity contribution in [2.45, 2.75) is 18.4 Å². The molecule has 0 radical (unpaired) electrons. The molecule has 1 atom stereocenters. The number of carboxylic acid groups (broad SMARTS) is 1. The molecule has 1 unspecified atom stereocenters. The molecule has 4 heteroatoms. The van der Waals surface area contributed by atoms with Crippen molar-refractivity contribution in [2.75, 3.05) is 0 Å². The van der Waals surface area contributed by atoms with Crippen molar-refractivity contribution in [3.05, 3.63) is 34.3 Å². The van der Waals surface area contributed by atoms with Crippen LogP contribution in [0.15, 0.2) is 18.2 Å². The first-order chi connectivity index (χ1) is 6.53. The van der Waals surface area contributed by atoms with Gasteiger partial charge in [-0.15, -0.1) is 0 Å². The van der Waals surface area contributed by atoms with E-state index in [0.29, 0.717) is 17.9 Å². The maximum absolute atomic E-state index is 10.9. The van der Waals surface area contributed by atoms with Crippen molar-refractivity contribution < 1.29 is 9.90 Å². The van der Waals surface area contributed by atoms with E-state index < -0.39 is 11.5 Å². The van der Waals surface area contributed by atoms with Gasteiger partial charge in [0.05, 0.1) is 0 Å². The van der Waals surface area contributed by atoms with Crippen LogP contribution in [0, 0.1) is 0 Å². The van der Waals surface area contributed by atoms with Crippen LogP contribution in [0.1, 0.15) is 11.1 Å². The first-order valence-corrected chi connectivity index (χ1v) is 4.69. The number of hydrogen-bond acceptors (Lipinski definition) is 2. The van der Waals surface area contributed by atoms with Gasteiger partial charge in [-0.2, -0.15) is 0 Å². The van der Waals surface area contributed by atoms with E-state index in [4.69, 9.17) is 22.4 Å². The maximum Gasteiger partial charge on any atom is 0.324 e. The Morgan fingerprint density at radius 1 is 1.50 bits per heavy atom. The van der Waals surface area contributed by atoms with Gasteiger partial charge in [0.1, 0.15) is 5.54 Å². The highest BCUT2D eigenvalue weighted by atomic mass is 35.5. The van der Waals surface area contributed by atoms with Gasteiger partial charge in [-0.05, 0) is 17.2 Å². The minimum absolute atomic E-state index is 0.317. The zero-order valence-corrected chi connectivity index (χ0v) is 8.21. The molecule has 1 aromatic rings. The summed E-state index contributed by atoms with van der Waals surface area (Å²) < 4.78 is 0. The third-order valence-corrected chi connectivity index (χ3v) is 2.99. The van der Waals surface area contributed by atoms with Crippen LogP contribution < -0.4 is 5.73 Å². The Morgan fingerprint density at radius 3 is 2.79 bits per heavy atom. The topological polar surface area (TPSA) is 63.3 Å². The Hall–Kier alpha value is -1.06. The van der Waals surface area contributed by atoms with Gasteiger partial charge in [0, 0.05) is 17.9 Å². The summed E-state index contributed by atoms with van der Waals surface area (Å²) in [6, 6.07) is 5.45. The van der Waals surface area contributed by atoms with Crippen LogP contribution in [-0.4, -0.2) is 16.6 Å². The largest absolute Gasteiger partial charge is 0.480 e. The van der Waals surface area contributed by atoms with Crippen molar-refractivity contribution in [1.29, 1.82) is 0 Å². The Labute approximate surface area is 86.5 Å². The lowest BCUT2D eigenvalue weighted by Crippen LogP contribution is -2.48. The Kier molecular flexibility index (Phi) is 2.01. The van der Waals surface area contributed by atoms with Gasteiger partial charge in [-0.25, -0.2) is 0 Å². The van der Waals surface area contributed by atoms with Gasteiger partial charge in [-0.3, -0.25) is 4.79 Å². The summed E-state index contributed by atoms with van der Waals surface area (Å²) in [6.45, 7) is 0. The molecule has 74 valence electrons. The number of nitrogens with two attached hydrogens (primary N) is 1. The molecule has 0 bridgehead atoms. The fraction of sp³-hybridized carbons (Fsp3) is 0.300. The molecule has 0 aromatic heterocycles. The predicted molar refractivity (Wildman–Crippen MR) is 53.4 cm³/mol. The number of benzene rings is 1. The summed E-state index contributed by atoms with van der Waals surface area (Å²) in [5.74, 6) is -0.968. The van der Waals surface area contributed by atoms with Gasteiger partial charge >= 0.3 is 5.97 Å². The number of halogens is 1. The Balaban J connectivity index is 2.44. The molecule has 1 aliphatic carbocycles. The highest BCUT2D eigenvalue weighted by molar-refractivity contribution is 6.31. The van der Waals surface area contributed by atoms with Gasteiger partial charge in [-0.1, -0.05) is 23.7 Å². The number of aliphatic carboxylic acids is 1. The number of carbonyl (C=O) groups is 1. The summed E-state index contributed by atoms with van der Waals surface area (Å²) in [7, 11) is 0. The Morgan fingerprint density at radius 2 is 2.21 bits per heavy atom. The second-order valence-corrected chi connectivity index (χ2v) is 4.10. The average molecular weight is 212 g/mol. The fourth-order valence-electron chi connectivity index (χ4n) is 1.84. The van der Waals surface area contributed by atoms with E-state index in [-0.39, 0.29) is 0 Å². The molecule has 1 aliphatic rings. The quantitative estimate of drug-likeness (QED) is 0.734. The summed E-state index contributed by atoms with van der Waals surface area (Å²) >= 11 is 5.95. The lowest BCUT2D eigenvalue weighted by Gasteiger charge is -2.16. The minimum Gasteiger partial charge on any atom is -0.480 e. The SMILES string of the molecule is NC1(C(=O)O)Cc2cccc(Cl)c2C1. The van der Waals surface area contributed by atoms with Crippen molar-refractivity contribution >= 4 is 17.6 Å². The third-order valence-electron chi connectivity index (χ3n) is 2.64. The number of hydrogen-bond donors (Lipinski definition) is 2. The lowest BCUT2D eigenvalue weighted by atomic mass is 9.98. The fourth-order valence-corrected chi connectivity index (χ4v) is 2.10. The summed E-state index contributed by atoms with van der Waals surface area (Å²) in [5.41, 5.74) is 6.41. The molecular formula is C10H10ClNO2. The molecule has 0 aliphatic heterocycles. The molecule has 0 amide bonds. The van der Waals surface area contributed by atoms with Crippen LogP contribution in [-0.2, 0) is 17.6 Å². The van der Waals surface area contributed by atoms with E-state index in [9.17, 15) is 4.79 Å². The molecule has 14 heavy (non-hydrogen) atoms. The standard InChI is InChI=1S/C10H10ClNO2/c11-8-3-1-2-6-4-10(12,9(13)14)5-7(6)8/h1-3H,4-5,12H2,(H,13,14). The summed E-state index contributed by atoms with van der Waals surface area (Å²) in [6.07, 6.45) is 0.676. The molecular weight excluding hydrogens is 202 g/mol. The molecule has 3 N–H and O–H groups in total. The van der Waals surface area contributed by atoms with E-state index in [1.54, 1.807) is 6.07 Å². The number of rotatable bonds is 1. The van der Waals surface area contributed by atoms with E-state index in [0.717, 1.165) is 11.1 Å². The van der Waals surface area contributed by atoms with Crippen molar-refractivity contribution in [3.8, 4) is 0 Å². The molecule has 0 spiro atoms. The molecule has 0 heterocycles. The first kappa shape index (κ1) is 9.49. The smallest absolute Gasteiger partial charge is 0.324 e. The molecule has 2 rings (SSSR count). The highest BCUT2D eigenvalue weighted by Crippen LogP contribution is 2.33. The van der Waals surface area contributed by atoms with Gasteiger partial charge in [0.25, 0.3) is 0 Å². The average Bonchev–Trinajstić information content (AvgIpc) is 2.45. The van der Waals surface area contributed by atoms with Gasteiger partial charge in [0.15, 0.2) is 0 Å². The van der Waals surface area contributed by atoms with Crippen molar-refractivity contribution in [2.24, 2.45) is 5.73 Å². The van der Waals surface area contributed by atoms with Crippen LogP contribution >= 0.6 is 11.6 Å². The minimum atomic E-state index is -1.17. The zero-order valence-electron chi connectivity index (χ0n) is 7.46. The van der Waals surface area contributed by atoms with Gasteiger partial charge in [0.2, 0.25) is 0 Å². The van der Waals surface area contributed by atoms with Gasteiger partial charge < -0.3 is 10.8 Å². The molecule has 3 nitrogen and oxygen atoms in total. The van der Waals surface area contributed by atoms with E-state index >= 15 is 0 Å². The van der Waals surface area contributed by atoms with Crippen LogP contribution in [0.4, 0.5) is 0 Å².